The van der Waals surface area contributed by atoms with Crippen LogP contribution in [0, 0.1) is 11.8 Å². The molecule has 0 aromatic rings. The van der Waals surface area contributed by atoms with E-state index in [1.807, 2.05) is 0 Å². The fraction of sp³-hybridized carbons (Fsp3) is 0.727. The summed E-state index contributed by atoms with van der Waals surface area (Å²) in [6.45, 7) is 8.22. The van der Waals surface area contributed by atoms with Crippen LogP contribution in [0.1, 0.15) is 73.1 Å². The molecule has 0 saturated carbocycles. The van der Waals surface area contributed by atoms with Crippen LogP contribution in [0.25, 0.3) is 0 Å². The summed E-state index contributed by atoms with van der Waals surface area (Å²) in [7, 11) is 0. The third-order valence-corrected chi connectivity index (χ3v) is 9.17. The third-order valence-electron chi connectivity index (χ3n) is 7.88. The Hall–Kier alpha value is -4.11. The number of thioether (sulfide) groups is 2. The number of hydrogen-bond donors (Lipinski definition) is 10. The Morgan fingerprint density at radius 3 is 1.50 bits per heavy atom. The van der Waals surface area contributed by atoms with Crippen molar-refractivity contribution in [1.29, 1.82) is 0 Å². The van der Waals surface area contributed by atoms with Gasteiger partial charge in [0.05, 0.1) is 12.5 Å². The van der Waals surface area contributed by atoms with Crippen molar-refractivity contribution in [2.45, 2.75) is 115 Å². The minimum atomic E-state index is -1.40. The average Bonchev–Trinajstić information content (AvgIpc) is 3.07. The summed E-state index contributed by atoms with van der Waals surface area (Å²) >= 11 is 2.78. The summed E-state index contributed by atoms with van der Waals surface area (Å²) in [5.41, 5.74) is 16.2. The number of carboxylic acids is 1. The van der Waals surface area contributed by atoms with Gasteiger partial charge in [-0.05, 0) is 68.5 Å². The Labute approximate surface area is 324 Å². The average molecular weight is 806 g/mol. The van der Waals surface area contributed by atoms with Gasteiger partial charge in [0.1, 0.15) is 36.3 Å². The summed E-state index contributed by atoms with van der Waals surface area (Å²) in [5, 5.41) is 24.6. The molecule has 0 aliphatic carbocycles. The number of amides is 8. The second-order valence-corrected chi connectivity index (χ2v) is 15.5. The molecule has 0 aromatic heterocycles. The SMILES string of the molecule is CSCC[C@H](NC(=O)[C@H](C)NC(=O)[C@H](CCSC)NC(=O)[C@H](CCC(N)=O)NC(=O)[C@H](CC(C)C)NC(=O)[C@@H](NC(=O)[C@@H](N)CC(N)=O)C(C)C)C(=O)O. The first-order valence-corrected chi connectivity index (χ1v) is 20.3. The summed E-state index contributed by atoms with van der Waals surface area (Å²) < 4.78 is 0. The zero-order chi connectivity index (χ0) is 41.7. The van der Waals surface area contributed by atoms with Gasteiger partial charge in [-0.2, -0.15) is 23.5 Å². The van der Waals surface area contributed by atoms with Crippen molar-refractivity contribution in [2.24, 2.45) is 29.0 Å². The molecule has 0 bridgehead atoms. The van der Waals surface area contributed by atoms with Gasteiger partial charge >= 0.3 is 5.97 Å². The van der Waals surface area contributed by atoms with Gasteiger partial charge in [-0.3, -0.25) is 38.4 Å². The van der Waals surface area contributed by atoms with Gasteiger partial charge in [0.2, 0.25) is 47.3 Å². The van der Waals surface area contributed by atoms with Gasteiger partial charge < -0.3 is 54.2 Å². The largest absolute Gasteiger partial charge is 0.480 e. The number of carbonyl (C=O) groups is 9. The van der Waals surface area contributed by atoms with E-state index < -0.39 is 108 Å². The Kier molecular flexibility index (Phi) is 23.9. The fourth-order valence-corrected chi connectivity index (χ4v) is 5.79. The molecule has 0 rings (SSSR count). The van der Waals surface area contributed by atoms with Gasteiger partial charge in [0.15, 0.2) is 0 Å². The molecule has 13 N–H and O–H groups in total. The number of carbonyl (C=O) groups excluding carboxylic acids is 8. The monoisotopic (exact) mass is 805 g/mol. The minimum Gasteiger partial charge on any atom is -0.480 e. The number of nitrogens with two attached hydrogens (primary N) is 3. The topological polar surface area (TPSA) is 324 Å². The summed E-state index contributed by atoms with van der Waals surface area (Å²) in [5.74, 6) is -7.26. The normalized spacial score (nSPS) is 15.0. The highest BCUT2D eigenvalue weighted by atomic mass is 32.2. The molecule has 19 nitrogen and oxygen atoms in total. The van der Waals surface area contributed by atoms with Crippen LogP contribution in [-0.4, -0.2) is 125 Å². The summed E-state index contributed by atoms with van der Waals surface area (Å²) in [6.07, 6.45) is 2.89. The van der Waals surface area contributed by atoms with Crippen LogP contribution in [0.3, 0.4) is 0 Å². The fourth-order valence-electron chi connectivity index (χ4n) is 4.84. The maximum Gasteiger partial charge on any atom is 0.326 e. The van der Waals surface area contributed by atoms with Crippen molar-refractivity contribution in [3.05, 3.63) is 0 Å². The highest BCUT2D eigenvalue weighted by Gasteiger charge is 2.34. The standard InChI is InChI=1S/C33H59N9O10S2/c1-16(2)14-23(41-32(50)26(17(3)4)42-28(46)19(34)15-25(36)44)31(49)38-20(8-9-24(35)43)30(48)39-21(10-12-53-6)29(47)37-18(5)27(45)40-22(33(51)52)11-13-54-7/h16-23,26H,8-15,34H2,1-7H3,(H2,35,43)(H2,36,44)(H,37,47)(H,38,49)(H,39,48)(H,40,45)(H,41,50)(H,42,46)(H,51,52)/t18-,19-,20-,21-,22-,23-,26-/m0/s1. The first kappa shape index (κ1) is 49.9. The van der Waals surface area contributed by atoms with E-state index in [2.05, 4.69) is 31.9 Å². The molecule has 0 heterocycles. The molecule has 0 unspecified atom stereocenters. The van der Waals surface area contributed by atoms with Crippen LogP contribution in [-0.2, 0) is 43.2 Å². The predicted octanol–water partition coefficient (Wildman–Crippen LogP) is -2.32. The lowest BCUT2D eigenvalue weighted by Gasteiger charge is -2.28. The van der Waals surface area contributed by atoms with Crippen LogP contribution < -0.4 is 49.1 Å². The number of aliphatic carboxylic acids is 1. The lowest BCUT2D eigenvalue weighted by molar-refractivity contribution is -0.142. The van der Waals surface area contributed by atoms with Crippen molar-refractivity contribution < 1.29 is 48.3 Å². The van der Waals surface area contributed by atoms with Crippen LogP contribution in [0.4, 0.5) is 0 Å². The zero-order valence-corrected chi connectivity index (χ0v) is 33.7. The number of primary amides is 2. The molecule has 54 heavy (non-hydrogen) atoms. The lowest BCUT2D eigenvalue weighted by Crippen LogP contribution is -2.60. The maximum absolute atomic E-state index is 13.7. The maximum atomic E-state index is 13.7. The van der Waals surface area contributed by atoms with Gasteiger partial charge in [0.25, 0.3) is 0 Å². The molecule has 7 atom stereocenters. The highest BCUT2D eigenvalue weighted by molar-refractivity contribution is 7.98. The first-order chi connectivity index (χ1) is 25.1. The van der Waals surface area contributed by atoms with Crippen LogP contribution in [0.5, 0.6) is 0 Å². The van der Waals surface area contributed by atoms with Crippen molar-refractivity contribution >= 4 is 76.8 Å². The minimum absolute atomic E-state index is 0.0976. The molecule has 308 valence electrons. The zero-order valence-electron chi connectivity index (χ0n) is 32.0. The number of nitrogens with one attached hydrogen (secondary N) is 6. The molecule has 8 amide bonds. The van der Waals surface area contributed by atoms with E-state index in [9.17, 15) is 48.3 Å². The van der Waals surface area contributed by atoms with Gasteiger partial charge in [-0.1, -0.05) is 27.7 Å². The molecular weight excluding hydrogens is 747 g/mol. The lowest BCUT2D eigenvalue weighted by atomic mass is 9.99. The number of carboxylic acid groups (broad SMARTS) is 1. The van der Waals surface area contributed by atoms with Gasteiger partial charge in [-0.15, -0.1) is 0 Å². The molecule has 21 heteroatoms. The molecule has 0 radical (unpaired) electrons. The van der Waals surface area contributed by atoms with E-state index in [-0.39, 0.29) is 38.0 Å². The van der Waals surface area contributed by atoms with Crippen molar-refractivity contribution in [3.63, 3.8) is 0 Å². The Morgan fingerprint density at radius 1 is 0.574 bits per heavy atom. The van der Waals surface area contributed by atoms with Crippen molar-refractivity contribution in [3.8, 4) is 0 Å². The third kappa shape index (κ3) is 19.8. The van der Waals surface area contributed by atoms with E-state index >= 15 is 0 Å². The second kappa shape index (κ2) is 25.8. The van der Waals surface area contributed by atoms with Crippen LogP contribution in [0.15, 0.2) is 0 Å². The van der Waals surface area contributed by atoms with E-state index in [0.717, 1.165) is 0 Å². The molecular formula is C33H59N9O10S2. The highest BCUT2D eigenvalue weighted by Crippen LogP contribution is 2.11. The van der Waals surface area contributed by atoms with E-state index in [0.29, 0.717) is 11.5 Å². The quantitative estimate of drug-likeness (QED) is 0.0417. The Balaban J connectivity index is 6.12. The summed E-state index contributed by atoms with van der Waals surface area (Å²) in [6, 6.07) is -8.65. The number of rotatable bonds is 27. The van der Waals surface area contributed by atoms with Crippen LogP contribution in [0.2, 0.25) is 0 Å². The second-order valence-electron chi connectivity index (χ2n) is 13.5. The van der Waals surface area contributed by atoms with E-state index in [1.165, 1.54) is 30.4 Å². The predicted molar refractivity (Wildman–Crippen MR) is 205 cm³/mol. The molecule has 0 aliphatic rings. The first-order valence-electron chi connectivity index (χ1n) is 17.5. The molecule has 0 saturated heterocycles. The Bertz CT molecular complexity index is 1320. The van der Waals surface area contributed by atoms with Crippen LogP contribution >= 0.6 is 23.5 Å². The van der Waals surface area contributed by atoms with E-state index in [1.54, 1.807) is 40.2 Å². The molecule has 0 aliphatic heterocycles. The van der Waals surface area contributed by atoms with Gasteiger partial charge in [-0.25, -0.2) is 4.79 Å². The molecule has 0 spiro atoms. The Morgan fingerprint density at radius 2 is 1.04 bits per heavy atom. The smallest absolute Gasteiger partial charge is 0.326 e. The van der Waals surface area contributed by atoms with Gasteiger partial charge in [0, 0.05) is 6.42 Å². The van der Waals surface area contributed by atoms with Crippen molar-refractivity contribution in [2.75, 3.05) is 24.0 Å². The summed E-state index contributed by atoms with van der Waals surface area (Å²) in [4.78, 5) is 114. The number of hydrogen-bond acceptors (Lipinski definition) is 12. The molecule has 0 aromatic carbocycles. The van der Waals surface area contributed by atoms with E-state index in [4.69, 9.17) is 17.2 Å². The van der Waals surface area contributed by atoms with Crippen molar-refractivity contribution in [1.82, 2.24) is 31.9 Å². The molecule has 0 fully saturated rings.